The molecule has 3 N–H and O–H groups in total. The van der Waals surface area contributed by atoms with E-state index in [1.165, 1.54) is 59.5 Å². The number of non-ortho nitro benzene ring substituents is 1. The number of nitrogens with zero attached hydrogens (tertiary/aromatic N) is 2. The molecule has 10 nitrogen and oxygen atoms in total. The van der Waals surface area contributed by atoms with E-state index < -0.39 is 27.8 Å². The van der Waals surface area contributed by atoms with E-state index in [0.29, 0.717) is 27.6 Å². The number of thioether (sulfide) groups is 1. The van der Waals surface area contributed by atoms with Gasteiger partial charge in [-0.05, 0) is 61.5 Å². The third-order valence-corrected chi connectivity index (χ3v) is 8.90. The van der Waals surface area contributed by atoms with Crippen LogP contribution in [0.15, 0.2) is 113 Å². The zero-order valence-corrected chi connectivity index (χ0v) is 27.4. The van der Waals surface area contributed by atoms with Gasteiger partial charge in [0.25, 0.3) is 17.5 Å². The van der Waals surface area contributed by atoms with Crippen molar-refractivity contribution in [2.75, 3.05) is 10.6 Å². The molecule has 242 valence electrons. The second-order valence-corrected chi connectivity index (χ2v) is 12.8. The lowest BCUT2D eigenvalue weighted by Gasteiger charge is -2.13. The van der Waals surface area contributed by atoms with Crippen molar-refractivity contribution in [3.63, 3.8) is 0 Å². The van der Waals surface area contributed by atoms with Crippen LogP contribution in [0.25, 0.3) is 17.3 Å². The fourth-order valence-electron chi connectivity index (χ4n) is 4.26. The maximum atomic E-state index is 14.6. The molecule has 14 heteroatoms. The Morgan fingerprint density at radius 3 is 2.42 bits per heavy atom. The summed E-state index contributed by atoms with van der Waals surface area (Å²) in [6, 6.07) is 25.1. The molecule has 1 unspecified atom stereocenters. The van der Waals surface area contributed by atoms with Crippen LogP contribution in [0, 0.1) is 15.9 Å². The van der Waals surface area contributed by atoms with Gasteiger partial charge in [0.2, 0.25) is 5.91 Å². The first-order valence-electron chi connectivity index (χ1n) is 14.2. The van der Waals surface area contributed by atoms with Crippen LogP contribution >= 0.6 is 34.7 Å². The zero-order chi connectivity index (χ0) is 34.2. The highest BCUT2D eigenvalue weighted by atomic mass is 35.5. The number of amides is 3. The molecule has 0 spiro atoms. The lowest BCUT2D eigenvalue weighted by Crippen LogP contribution is -2.30. The molecular weight excluding hydrogens is 677 g/mol. The number of hydrogen-bond acceptors (Lipinski definition) is 8. The van der Waals surface area contributed by atoms with Crippen molar-refractivity contribution in [3.8, 4) is 11.3 Å². The molecule has 0 aliphatic carbocycles. The second kappa shape index (κ2) is 15.5. The monoisotopic (exact) mass is 701 g/mol. The first-order valence-corrected chi connectivity index (χ1v) is 16.3. The number of halogens is 2. The molecule has 1 atom stereocenters. The summed E-state index contributed by atoms with van der Waals surface area (Å²) in [4.78, 5) is 54.8. The molecular formula is C34H25ClFN5O5S2. The van der Waals surface area contributed by atoms with Gasteiger partial charge in [-0.1, -0.05) is 48.0 Å². The summed E-state index contributed by atoms with van der Waals surface area (Å²) in [6.07, 6.45) is 1.17. The van der Waals surface area contributed by atoms with Gasteiger partial charge < -0.3 is 16.0 Å². The highest BCUT2D eigenvalue weighted by Gasteiger charge is 2.19. The minimum absolute atomic E-state index is 0.0547. The van der Waals surface area contributed by atoms with Crippen molar-refractivity contribution in [2.45, 2.75) is 17.1 Å². The predicted octanol–water partition coefficient (Wildman–Crippen LogP) is 8.04. The van der Waals surface area contributed by atoms with Crippen molar-refractivity contribution in [3.05, 3.63) is 140 Å². The number of anilines is 2. The summed E-state index contributed by atoms with van der Waals surface area (Å²) in [5.41, 5.74) is 1.41. The average Bonchev–Trinajstić information content (AvgIpc) is 3.55. The van der Waals surface area contributed by atoms with Gasteiger partial charge in [-0.15, -0.1) is 23.1 Å². The van der Waals surface area contributed by atoms with E-state index in [1.807, 2.05) is 0 Å². The van der Waals surface area contributed by atoms with Gasteiger partial charge >= 0.3 is 0 Å². The van der Waals surface area contributed by atoms with Gasteiger partial charge in [-0.25, -0.2) is 9.37 Å². The SMILES string of the molecule is CC(Sc1ccc(NC(=O)/C(=C/c2c(F)cccc2Cl)NC(=O)c2ccccc2)cc1)C(=O)Nc1nc(-c2cccc([N+](=O)[O-])c2)cs1. The topological polar surface area (TPSA) is 143 Å². The molecule has 0 radical (unpaired) electrons. The zero-order valence-electron chi connectivity index (χ0n) is 25.0. The number of carbonyl (C=O) groups is 3. The molecule has 5 aromatic rings. The molecule has 1 aromatic heterocycles. The van der Waals surface area contributed by atoms with E-state index in [2.05, 4.69) is 20.9 Å². The summed E-state index contributed by atoms with van der Waals surface area (Å²) in [7, 11) is 0. The maximum Gasteiger partial charge on any atom is 0.272 e. The number of benzene rings is 4. The van der Waals surface area contributed by atoms with Crippen LogP contribution in [-0.2, 0) is 9.59 Å². The molecule has 0 bridgehead atoms. The van der Waals surface area contributed by atoms with E-state index in [1.54, 1.807) is 79.0 Å². The van der Waals surface area contributed by atoms with Crippen LogP contribution in [0.2, 0.25) is 5.02 Å². The van der Waals surface area contributed by atoms with Crippen LogP contribution in [0.1, 0.15) is 22.8 Å². The summed E-state index contributed by atoms with van der Waals surface area (Å²) >= 11 is 8.66. The smallest absolute Gasteiger partial charge is 0.272 e. The Bertz CT molecular complexity index is 2000. The molecule has 5 rings (SSSR count). The largest absolute Gasteiger partial charge is 0.321 e. The van der Waals surface area contributed by atoms with Crippen molar-refractivity contribution in [1.82, 2.24) is 10.3 Å². The third-order valence-electron chi connectivity index (χ3n) is 6.70. The fraction of sp³-hybridized carbons (Fsp3) is 0.0588. The number of nitro groups is 1. The standard InChI is InChI=1S/C34H25ClFN5O5S2/c1-20(31(42)40-34-39-30(19-47-34)22-9-5-10-24(17-22)41(45)46)48-25-15-13-23(14-16-25)37-33(44)29(18-26-27(35)11-6-12-28(26)36)38-32(43)21-7-3-2-4-8-21/h2-20H,1H3,(H,37,44)(H,38,43)(H,39,40,42)/b29-18-. The highest BCUT2D eigenvalue weighted by molar-refractivity contribution is 8.00. The van der Waals surface area contributed by atoms with Gasteiger partial charge in [-0.2, -0.15) is 0 Å². The predicted molar refractivity (Wildman–Crippen MR) is 187 cm³/mol. The Kier molecular flexibility index (Phi) is 11.0. The van der Waals surface area contributed by atoms with Gasteiger partial charge in [-0.3, -0.25) is 24.5 Å². The molecule has 0 saturated heterocycles. The van der Waals surface area contributed by atoms with Crippen LogP contribution in [-0.4, -0.2) is 32.9 Å². The average molecular weight is 702 g/mol. The first kappa shape index (κ1) is 34.0. The summed E-state index contributed by atoms with van der Waals surface area (Å²) in [6.45, 7) is 1.73. The Labute approximate surface area is 287 Å². The van der Waals surface area contributed by atoms with Crippen LogP contribution < -0.4 is 16.0 Å². The molecule has 0 aliphatic heterocycles. The van der Waals surface area contributed by atoms with Crippen molar-refractivity contribution in [2.24, 2.45) is 0 Å². The van der Waals surface area contributed by atoms with E-state index in [9.17, 15) is 28.9 Å². The quantitative estimate of drug-likeness (QED) is 0.0547. The normalized spacial score (nSPS) is 11.8. The minimum atomic E-state index is -0.709. The van der Waals surface area contributed by atoms with Crippen molar-refractivity contribution >= 4 is 75.0 Å². The molecule has 1 heterocycles. The Balaban J connectivity index is 1.23. The number of carbonyl (C=O) groups excluding carboxylic acids is 3. The fourth-order valence-corrected chi connectivity index (χ4v) is 6.07. The molecule has 0 fully saturated rings. The van der Waals surface area contributed by atoms with Crippen LogP contribution in [0.4, 0.5) is 20.9 Å². The first-order chi connectivity index (χ1) is 23.1. The highest BCUT2D eigenvalue weighted by Crippen LogP contribution is 2.30. The van der Waals surface area contributed by atoms with E-state index >= 15 is 0 Å². The summed E-state index contributed by atoms with van der Waals surface area (Å²) in [5, 5.41) is 20.7. The Morgan fingerprint density at radius 1 is 0.979 bits per heavy atom. The summed E-state index contributed by atoms with van der Waals surface area (Å²) < 4.78 is 14.6. The number of nitro benzene ring substituents is 1. The van der Waals surface area contributed by atoms with Crippen molar-refractivity contribution < 1.29 is 23.7 Å². The maximum absolute atomic E-state index is 14.6. The molecule has 3 amide bonds. The lowest BCUT2D eigenvalue weighted by atomic mass is 10.1. The molecule has 48 heavy (non-hydrogen) atoms. The minimum Gasteiger partial charge on any atom is -0.321 e. The number of nitrogens with one attached hydrogen (secondary N) is 3. The number of rotatable bonds is 11. The van der Waals surface area contributed by atoms with Gasteiger partial charge in [0.1, 0.15) is 11.5 Å². The van der Waals surface area contributed by atoms with Gasteiger partial charge in [0.05, 0.1) is 20.9 Å². The van der Waals surface area contributed by atoms with E-state index in [4.69, 9.17) is 11.6 Å². The number of hydrogen-bond donors (Lipinski definition) is 3. The van der Waals surface area contributed by atoms with Gasteiger partial charge in [0, 0.05) is 44.8 Å². The summed E-state index contributed by atoms with van der Waals surface area (Å²) in [5.74, 6) is -2.24. The molecule has 0 aliphatic rings. The molecule has 0 saturated carbocycles. The van der Waals surface area contributed by atoms with Crippen LogP contribution in [0.5, 0.6) is 0 Å². The molecule has 4 aromatic carbocycles. The second-order valence-electron chi connectivity index (χ2n) is 10.1. The van der Waals surface area contributed by atoms with E-state index in [-0.39, 0.29) is 27.9 Å². The number of aromatic nitrogens is 1. The van der Waals surface area contributed by atoms with E-state index in [0.717, 1.165) is 4.90 Å². The Hall–Kier alpha value is -5.37. The van der Waals surface area contributed by atoms with Crippen molar-refractivity contribution in [1.29, 1.82) is 0 Å². The van der Waals surface area contributed by atoms with Gasteiger partial charge in [0.15, 0.2) is 5.13 Å². The number of thiazole rings is 1. The lowest BCUT2D eigenvalue weighted by molar-refractivity contribution is -0.384. The van der Waals surface area contributed by atoms with Crippen LogP contribution in [0.3, 0.4) is 0 Å². The Morgan fingerprint density at radius 2 is 1.71 bits per heavy atom. The third kappa shape index (κ3) is 8.70.